The van der Waals surface area contributed by atoms with Gasteiger partial charge in [0, 0.05) is 13.8 Å². The van der Waals surface area contributed by atoms with Crippen molar-refractivity contribution in [1.29, 1.82) is 0 Å². The predicted octanol–water partition coefficient (Wildman–Crippen LogP) is 2.27. The first-order chi connectivity index (χ1) is 11.9. The van der Waals surface area contributed by atoms with Crippen LogP contribution in [-0.2, 0) is 30.4 Å². The maximum atomic E-state index is 11.6. The molecule has 0 bridgehead atoms. The molecule has 1 amide bonds. The van der Waals surface area contributed by atoms with Crippen LogP contribution in [0.2, 0.25) is 0 Å². The van der Waals surface area contributed by atoms with Crippen LogP contribution in [-0.4, -0.2) is 36.9 Å². The first-order valence-corrected chi connectivity index (χ1v) is 8.60. The molecule has 25 heavy (non-hydrogen) atoms. The minimum Gasteiger partial charge on any atom is -0.463 e. The van der Waals surface area contributed by atoms with Gasteiger partial charge in [0.2, 0.25) is 5.91 Å². The monoisotopic (exact) mass is 349 g/mol. The molecule has 0 saturated carbocycles. The van der Waals surface area contributed by atoms with E-state index in [1.807, 2.05) is 44.2 Å². The zero-order valence-corrected chi connectivity index (χ0v) is 15.2. The fourth-order valence-corrected chi connectivity index (χ4v) is 3.01. The fourth-order valence-electron chi connectivity index (χ4n) is 3.01. The van der Waals surface area contributed by atoms with Crippen molar-refractivity contribution in [3.05, 3.63) is 35.9 Å². The SMILES string of the molecule is CC(=O)N[C@H]1C(C)[C@H](C)C(COC(C)=O)O[C@H]1OCc1ccccc1. The summed E-state index contributed by atoms with van der Waals surface area (Å²) in [4.78, 5) is 22.7. The maximum absolute atomic E-state index is 11.6. The van der Waals surface area contributed by atoms with Crippen LogP contribution >= 0.6 is 0 Å². The minimum atomic E-state index is -0.601. The molecule has 1 aromatic rings. The Balaban J connectivity index is 2.08. The Morgan fingerprint density at radius 2 is 1.80 bits per heavy atom. The number of esters is 1. The third kappa shape index (κ3) is 5.54. The molecular formula is C19H27NO5. The van der Waals surface area contributed by atoms with E-state index in [4.69, 9.17) is 14.2 Å². The van der Waals surface area contributed by atoms with Gasteiger partial charge in [0.05, 0.1) is 18.8 Å². The summed E-state index contributed by atoms with van der Waals surface area (Å²) in [5, 5.41) is 2.94. The summed E-state index contributed by atoms with van der Waals surface area (Å²) in [5.74, 6) is -0.250. The molecule has 5 atom stereocenters. The molecule has 2 rings (SSSR count). The Morgan fingerprint density at radius 3 is 2.40 bits per heavy atom. The topological polar surface area (TPSA) is 73.9 Å². The highest BCUT2D eigenvalue weighted by atomic mass is 16.7. The highest BCUT2D eigenvalue weighted by molar-refractivity contribution is 5.73. The molecule has 1 saturated heterocycles. The first kappa shape index (κ1) is 19.4. The summed E-state index contributed by atoms with van der Waals surface area (Å²) >= 11 is 0. The Morgan fingerprint density at radius 1 is 1.12 bits per heavy atom. The largest absolute Gasteiger partial charge is 0.463 e. The van der Waals surface area contributed by atoms with Crippen LogP contribution in [0.3, 0.4) is 0 Å². The lowest BCUT2D eigenvalue weighted by Crippen LogP contribution is -2.58. The number of ether oxygens (including phenoxy) is 3. The summed E-state index contributed by atoms with van der Waals surface area (Å²) in [6, 6.07) is 9.52. The zero-order valence-electron chi connectivity index (χ0n) is 15.2. The molecule has 0 spiro atoms. The van der Waals surface area contributed by atoms with E-state index in [-0.39, 0.29) is 42.5 Å². The summed E-state index contributed by atoms with van der Waals surface area (Å²) in [6.07, 6.45) is -0.874. The van der Waals surface area contributed by atoms with E-state index >= 15 is 0 Å². The van der Waals surface area contributed by atoms with Gasteiger partial charge in [0.1, 0.15) is 6.61 Å². The number of amides is 1. The molecule has 138 valence electrons. The van der Waals surface area contributed by atoms with Crippen molar-refractivity contribution in [3.8, 4) is 0 Å². The number of nitrogens with one attached hydrogen (secondary N) is 1. The summed E-state index contributed by atoms with van der Waals surface area (Å²) < 4.78 is 17.1. The van der Waals surface area contributed by atoms with Gasteiger partial charge in [-0.05, 0) is 17.4 Å². The molecule has 2 unspecified atom stereocenters. The van der Waals surface area contributed by atoms with Gasteiger partial charge in [-0.2, -0.15) is 0 Å². The van der Waals surface area contributed by atoms with E-state index in [2.05, 4.69) is 5.32 Å². The predicted molar refractivity (Wildman–Crippen MR) is 92.5 cm³/mol. The molecule has 1 fully saturated rings. The van der Waals surface area contributed by atoms with Crippen molar-refractivity contribution >= 4 is 11.9 Å². The molecular weight excluding hydrogens is 322 g/mol. The number of rotatable bonds is 6. The highest BCUT2D eigenvalue weighted by Crippen LogP contribution is 2.32. The average Bonchev–Trinajstić information content (AvgIpc) is 2.58. The standard InChI is InChI=1S/C19H27NO5/c1-12-13(2)18(20-14(3)21)19(25-17(12)11-23-15(4)22)24-10-16-8-6-5-7-9-16/h5-9,12-13,17-19H,10-11H2,1-4H3,(H,20,21)/t12-,13?,17?,18-,19+/m0/s1. The number of carbonyl (C=O) groups excluding carboxylic acids is 2. The normalized spacial score (nSPS) is 29.0. The van der Waals surface area contributed by atoms with Gasteiger partial charge in [-0.25, -0.2) is 0 Å². The third-order valence-electron chi connectivity index (χ3n) is 4.66. The van der Waals surface area contributed by atoms with Crippen molar-refractivity contribution in [2.45, 2.75) is 52.7 Å². The summed E-state index contributed by atoms with van der Waals surface area (Å²) in [6.45, 7) is 7.49. The fraction of sp³-hybridized carbons (Fsp3) is 0.579. The van der Waals surface area contributed by atoms with Gasteiger partial charge in [-0.15, -0.1) is 0 Å². The molecule has 1 aliphatic rings. The lowest BCUT2D eigenvalue weighted by atomic mass is 9.82. The molecule has 1 heterocycles. The number of carbonyl (C=O) groups is 2. The maximum Gasteiger partial charge on any atom is 0.302 e. The smallest absolute Gasteiger partial charge is 0.302 e. The van der Waals surface area contributed by atoms with E-state index in [1.165, 1.54) is 13.8 Å². The number of hydrogen-bond donors (Lipinski definition) is 1. The van der Waals surface area contributed by atoms with Gasteiger partial charge >= 0.3 is 5.97 Å². The van der Waals surface area contributed by atoms with Crippen LogP contribution in [0.1, 0.15) is 33.3 Å². The van der Waals surface area contributed by atoms with Gasteiger partial charge in [0.15, 0.2) is 6.29 Å². The molecule has 1 aliphatic heterocycles. The van der Waals surface area contributed by atoms with Crippen LogP contribution in [0.4, 0.5) is 0 Å². The Hall–Kier alpha value is -1.92. The van der Waals surface area contributed by atoms with Crippen molar-refractivity contribution in [3.63, 3.8) is 0 Å². The van der Waals surface area contributed by atoms with Gasteiger partial charge in [-0.3, -0.25) is 9.59 Å². The number of hydrogen-bond acceptors (Lipinski definition) is 5. The molecule has 1 N–H and O–H groups in total. The quantitative estimate of drug-likeness (QED) is 0.798. The van der Waals surface area contributed by atoms with Crippen LogP contribution in [0.15, 0.2) is 30.3 Å². The van der Waals surface area contributed by atoms with Gasteiger partial charge in [-0.1, -0.05) is 44.2 Å². The van der Waals surface area contributed by atoms with E-state index < -0.39 is 6.29 Å². The molecule has 0 aromatic heterocycles. The Kier molecular flexibility index (Phi) is 6.96. The second kappa shape index (κ2) is 8.97. The van der Waals surface area contributed by atoms with Crippen molar-refractivity contribution in [2.24, 2.45) is 11.8 Å². The summed E-state index contributed by atoms with van der Waals surface area (Å²) in [7, 11) is 0. The molecule has 6 heteroatoms. The van der Waals surface area contributed by atoms with E-state index in [0.29, 0.717) is 6.61 Å². The van der Waals surface area contributed by atoms with Gasteiger partial charge < -0.3 is 19.5 Å². The number of benzene rings is 1. The van der Waals surface area contributed by atoms with Crippen LogP contribution in [0, 0.1) is 11.8 Å². The summed E-state index contributed by atoms with van der Waals surface area (Å²) in [5.41, 5.74) is 1.02. The third-order valence-corrected chi connectivity index (χ3v) is 4.66. The zero-order chi connectivity index (χ0) is 18.4. The van der Waals surface area contributed by atoms with Crippen LogP contribution in [0.5, 0.6) is 0 Å². The van der Waals surface area contributed by atoms with Crippen LogP contribution in [0.25, 0.3) is 0 Å². The lowest BCUT2D eigenvalue weighted by Gasteiger charge is -2.44. The van der Waals surface area contributed by atoms with E-state index in [9.17, 15) is 9.59 Å². The average molecular weight is 349 g/mol. The Bertz CT molecular complexity index is 574. The first-order valence-electron chi connectivity index (χ1n) is 8.60. The highest BCUT2D eigenvalue weighted by Gasteiger charge is 2.42. The van der Waals surface area contributed by atoms with Crippen molar-refractivity contribution < 1.29 is 23.8 Å². The Labute approximate surface area is 148 Å². The lowest BCUT2D eigenvalue weighted by molar-refractivity contribution is -0.248. The van der Waals surface area contributed by atoms with Crippen molar-refractivity contribution in [2.75, 3.05) is 6.61 Å². The van der Waals surface area contributed by atoms with Gasteiger partial charge in [0.25, 0.3) is 0 Å². The second-order valence-corrected chi connectivity index (χ2v) is 6.59. The minimum absolute atomic E-state index is 0.104. The molecule has 0 aliphatic carbocycles. The van der Waals surface area contributed by atoms with E-state index in [1.54, 1.807) is 0 Å². The molecule has 1 aromatic carbocycles. The van der Waals surface area contributed by atoms with Crippen molar-refractivity contribution in [1.82, 2.24) is 5.32 Å². The molecule has 6 nitrogen and oxygen atoms in total. The van der Waals surface area contributed by atoms with Crippen LogP contribution < -0.4 is 5.32 Å². The molecule has 0 radical (unpaired) electrons. The van der Waals surface area contributed by atoms with E-state index in [0.717, 1.165) is 5.56 Å². The second-order valence-electron chi connectivity index (χ2n) is 6.59.